The van der Waals surface area contributed by atoms with Crippen LogP contribution in [0.25, 0.3) is 0 Å². The molecule has 0 saturated carbocycles. The summed E-state index contributed by atoms with van der Waals surface area (Å²) in [5.74, 6) is 0.266. The summed E-state index contributed by atoms with van der Waals surface area (Å²) in [6.45, 7) is 0.459. The van der Waals surface area contributed by atoms with Crippen LogP contribution in [-0.2, 0) is 11.8 Å². The van der Waals surface area contributed by atoms with E-state index in [1.807, 2.05) is 17.8 Å². The number of hydrogen-bond acceptors (Lipinski definition) is 4. The highest BCUT2D eigenvalue weighted by Crippen LogP contribution is 2.17. The van der Waals surface area contributed by atoms with Crippen molar-refractivity contribution in [2.45, 2.75) is 11.3 Å². The molecule has 2 N–H and O–H groups in total. The van der Waals surface area contributed by atoms with Crippen molar-refractivity contribution in [3.63, 3.8) is 0 Å². The van der Waals surface area contributed by atoms with Gasteiger partial charge in [0.15, 0.2) is 11.3 Å². The monoisotopic (exact) mass is 325 g/mol. The Morgan fingerprint density at radius 2 is 2.19 bits per heavy atom. The lowest BCUT2D eigenvalue weighted by atomic mass is 10.1. The van der Waals surface area contributed by atoms with E-state index in [4.69, 9.17) is 11.6 Å². The molecule has 5 nitrogen and oxygen atoms in total. The van der Waals surface area contributed by atoms with Gasteiger partial charge in [-0.1, -0.05) is 35.5 Å². The lowest BCUT2D eigenvalue weighted by molar-refractivity contribution is -0.129. The normalized spacial score (nSPS) is 12.1. The number of nitrogens with zero attached hydrogens (tertiary/aromatic N) is 2. The molecule has 21 heavy (non-hydrogen) atoms. The van der Waals surface area contributed by atoms with Crippen molar-refractivity contribution in [2.24, 2.45) is 7.05 Å². The van der Waals surface area contributed by atoms with E-state index in [9.17, 15) is 9.90 Å². The Balaban J connectivity index is 1.76. The van der Waals surface area contributed by atoms with E-state index in [1.54, 1.807) is 42.2 Å². The van der Waals surface area contributed by atoms with E-state index in [-0.39, 0.29) is 0 Å². The first-order chi connectivity index (χ1) is 10.1. The van der Waals surface area contributed by atoms with Gasteiger partial charge in [0.05, 0.1) is 0 Å². The van der Waals surface area contributed by atoms with Crippen molar-refractivity contribution < 1.29 is 9.90 Å². The highest BCUT2D eigenvalue weighted by molar-refractivity contribution is 7.99. The maximum atomic E-state index is 11.8. The molecule has 1 amide bonds. The molecular weight excluding hydrogens is 310 g/mol. The summed E-state index contributed by atoms with van der Waals surface area (Å²) in [6.07, 6.45) is 2.41. The molecule has 0 unspecified atom stereocenters. The van der Waals surface area contributed by atoms with Crippen molar-refractivity contribution >= 4 is 29.3 Å². The standard InChI is InChI=1S/C14H16ClN3O2S/c1-18-8-6-17-14(18)21-9-7-16-13(20)12(19)10-2-4-11(15)5-3-10/h2-6,8,12,19H,7,9H2,1H3,(H,16,20)/t12-/m1/s1. The Morgan fingerprint density at radius 3 is 2.81 bits per heavy atom. The minimum absolute atomic E-state index is 0.419. The molecule has 0 bridgehead atoms. The number of halogens is 1. The van der Waals surface area contributed by atoms with E-state index in [0.29, 0.717) is 22.9 Å². The SMILES string of the molecule is Cn1ccnc1SCCNC(=O)[C@H](O)c1ccc(Cl)cc1. The lowest BCUT2D eigenvalue weighted by Crippen LogP contribution is -2.31. The number of nitrogens with one attached hydrogen (secondary N) is 1. The molecule has 1 heterocycles. The number of aliphatic hydroxyl groups excluding tert-OH is 1. The van der Waals surface area contributed by atoms with Crippen LogP contribution in [0.4, 0.5) is 0 Å². The van der Waals surface area contributed by atoms with Crippen molar-refractivity contribution in [3.8, 4) is 0 Å². The summed E-state index contributed by atoms with van der Waals surface area (Å²) < 4.78 is 1.91. The van der Waals surface area contributed by atoms with Crippen LogP contribution in [0, 0.1) is 0 Å². The molecule has 1 aromatic heterocycles. The second kappa shape index (κ2) is 7.49. The Kier molecular flexibility index (Phi) is 5.67. The fourth-order valence-electron chi connectivity index (χ4n) is 1.70. The number of imidazole rings is 1. The number of benzene rings is 1. The van der Waals surface area contributed by atoms with Crippen LogP contribution in [0.15, 0.2) is 41.8 Å². The van der Waals surface area contributed by atoms with Gasteiger partial charge in [-0.05, 0) is 17.7 Å². The molecule has 0 aliphatic carbocycles. The van der Waals surface area contributed by atoms with Gasteiger partial charge in [0.2, 0.25) is 0 Å². The number of thioether (sulfide) groups is 1. The molecule has 112 valence electrons. The van der Waals surface area contributed by atoms with Crippen LogP contribution in [0.1, 0.15) is 11.7 Å². The van der Waals surface area contributed by atoms with Crippen LogP contribution >= 0.6 is 23.4 Å². The number of carbonyl (C=O) groups is 1. The molecule has 2 aromatic rings. The zero-order valence-corrected chi connectivity index (χ0v) is 13.1. The fraction of sp³-hybridized carbons (Fsp3) is 0.286. The van der Waals surface area contributed by atoms with Crippen LogP contribution in [0.3, 0.4) is 0 Å². The van der Waals surface area contributed by atoms with Gasteiger partial charge in [0.1, 0.15) is 0 Å². The smallest absolute Gasteiger partial charge is 0.253 e. The van der Waals surface area contributed by atoms with E-state index in [2.05, 4.69) is 10.3 Å². The number of aliphatic hydroxyl groups is 1. The quantitative estimate of drug-likeness (QED) is 0.630. The summed E-state index contributed by atoms with van der Waals surface area (Å²) in [5, 5.41) is 14.1. The molecule has 2 rings (SSSR count). The lowest BCUT2D eigenvalue weighted by Gasteiger charge is -2.11. The number of rotatable bonds is 6. The largest absolute Gasteiger partial charge is 0.378 e. The van der Waals surface area contributed by atoms with Gasteiger partial charge >= 0.3 is 0 Å². The van der Waals surface area contributed by atoms with Gasteiger partial charge in [0, 0.05) is 36.8 Å². The van der Waals surface area contributed by atoms with E-state index in [1.165, 1.54) is 0 Å². The van der Waals surface area contributed by atoms with Crippen LogP contribution in [0.5, 0.6) is 0 Å². The molecule has 0 aliphatic heterocycles. The zero-order valence-electron chi connectivity index (χ0n) is 11.5. The fourth-order valence-corrected chi connectivity index (χ4v) is 2.61. The van der Waals surface area contributed by atoms with Gasteiger partial charge in [-0.3, -0.25) is 4.79 Å². The Bertz CT molecular complexity index is 601. The first kappa shape index (κ1) is 15.9. The van der Waals surface area contributed by atoms with Gasteiger partial charge in [0.25, 0.3) is 5.91 Å². The van der Waals surface area contributed by atoms with Crippen molar-refractivity contribution in [2.75, 3.05) is 12.3 Å². The molecular formula is C14H16ClN3O2S. The predicted octanol–water partition coefficient (Wildman–Crippen LogP) is 2.02. The Labute approximate surface area is 132 Å². The first-order valence-corrected chi connectivity index (χ1v) is 7.75. The number of carbonyl (C=O) groups excluding carboxylic acids is 1. The predicted molar refractivity (Wildman–Crippen MR) is 83.4 cm³/mol. The number of amides is 1. The summed E-state index contributed by atoms with van der Waals surface area (Å²) in [7, 11) is 1.91. The highest BCUT2D eigenvalue weighted by Gasteiger charge is 2.16. The van der Waals surface area contributed by atoms with Gasteiger partial charge < -0.3 is 15.0 Å². The highest BCUT2D eigenvalue weighted by atomic mass is 35.5. The maximum absolute atomic E-state index is 11.8. The molecule has 7 heteroatoms. The van der Waals surface area contributed by atoms with Crippen LogP contribution in [-0.4, -0.2) is 32.9 Å². The van der Waals surface area contributed by atoms with Crippen molar-refractivity contribution in [1.82, 2.24) is 14.9 Å². The summed E-state index contributed by atoms with van der Waals surface area (Å²) in [6, 6.07) is 6.55. The molecule has 0 fully saturated rings. The van der Waals surface area contributed by atoms with E-state index in [0.717, 1.165) is 5.16 Å². The van der Waals surface area contributed by atoms with E-state index < -0.39 is 12.0 Å². The third kappa shape index (κ3) is 4.49. The summed E-state index contributed by atoms with van der Waals surface area (Å²) in [5.41, 5.74) is 0.522. The summed E-state index contributed by atoms with van der Waals surface area (Å²) >= 11 is 7.31. The minimum atomic E-state index is -1.18. The molecule has 0 spiro atoms. The average molecular weight is 326 g/mol. The molecule has 0 aliphatic rings. The third-order valence-electron chi connectivity index (χ3n) is 2.84. The second-order valence-corrected chi connectivity index (χ2v) is 5.91. The number of aromatic nitrogens is 2. The molecule has 0 radical (unpaired) electrons. The third-order valence-corrected chi connectivity index (χ3v) is 4.16. The van der Waals surface area contributed by atoms with Crippen molar-refractivity contribution in [3.05, 3.63) is 47.2 Å². The Morgan fingerprint density at radius 1 is 1.48 bits per heavy atom. The maximum Gasteiger partial charge on any atom is 0.253 e. The van der Waals surface area contributed by atoms with Crippen LogP contribution < -0.4 is 5.32 Å². The van der Waals surface area contributed by atoms with Gasteiger partial charge in [-0.2, -0.15) is 0 Å². The van der Waals surface area contributed by atoms with Gasteiger partial charge in [-0.25, -0.2) is 4.98 Å². The minimum Gasteiger partial charge on any atom is -0.378 e. The zero-order chi connectivity index (χ0) is 15.2. The Hall–Kier alpha value is -1.50. The topological polar surface area (TPSA) is 67.2 Å². The van der Waals surface area contributed by atoms with Crippen molar-refractivity contribution in [1.29, 1.82) is 0 Å². The number of hydrogen-bond donors (Lipinski definition) is 2. The number of aryl methyl sites for hydroxylation is 1. The molecule has 1 aromatic carbocycles. The van der Waals surface area contributed by atoms with Gasteiger partial charge in [-0.15, -0.1) is 0 Å². The molecule has 0 saturated heterocycles. The summed E-state index contributed by atoms with van der Waals surface area (Å²) in [4.78, 5) is 16.0. The van der Waals surface area contributed by atoms with Crippen LogP contribution in [0.2, 0.25) is 5.02 Å². The average Bonchev–Trinajstić information content (AvgIpc) is 2.89. The second-order valence-electron chi connectivity index (χ2n) is 4.41. The molecule has 1 atom stereocenters. The van der Waals surface area contributed by atoms with E-state index >= 15 is 0 Å². The first-order valence-electron chi connectivity index (χ1n) is 6.39.